The van der Waals surface area contributed by atoms with Gasteiger partial charge in [0.1, 0.15) is 0 Å². The standard InChI is InChI=1S/C84H161NO5/c1-3-5-7-9-11-13-15-17-19-20-21-22-40-43-46-49-52-56-60-64-68-72-76-82(87)81(80-86)85-83(88)77-73-69-65-61-57-53-50-47-44-41-38-36-34-32-30-28-26-24-23-25-27-29-31-33-35-37-39-42-45-48-51-55-59-63-67-71-75-79-90-84(89)78-74-70-66-62-58-54-18-16-14-12-10-8-6-4-2/h16,18,23,25,29,31,81-82,86-87H,3-15,17,19-22,24,26-28,30,32-80H2,1-2H3,(H,85,88)/b18-16-,25-23-,31-29-. The Hall–Kier alpha value is -1.92. The molecular formula is C84H161NO5. The molecule has 0 bridgehead atoms. The van der Waals surface area contributed by atoms with Gasteiger partial charge in [-0.15, -0.1) is 0 Å². The molecule has 2 atom stereocenters. The minimum absolute atomic E-state index is 0.0109. The molecule has 532 valence electrons. The average molecular weight is 1270 g/mol. The molecule has 0 saturated heterocycles. The number of carbonyl (C=O) groups excluding carboxylic acids is 2. The van der Waals surface area contributed by atoms with Crippen molar-refractivity contribution < 1.29 is 24.5 Å². The fourth-order valence-corrected chi connectivity index (χ4v) is 13.1. The summed E-state index contributed by atoms with van der Waals surface area (Å²) in [6, 6.07) is -0.541. The number of esters is 1. The van der Waals surface area contributed by atoms with E-state index in [9.17, 15) is 19.8 Å². The maximum atomic E-state index is 12.6. The number of rotatable bonds is 78. The van der Waals surface area contributed by atoms with E-state index in [4.69, 9.17) is 4.74 Å². The quantitative estimate of drug-likeness (QED) is 0.0320. The molecule has 0 heterocycles. The van der Waals surface area contributed by atoms with Crippen molar-refractivity contribution in [1.29, 1.82) is 0 Å². The molecule has 0 rings (SSSR count). The summed E-state index contributed by atoms with van der Waals surface area (Å²) in [5.74, 6) is -0.0160. The molecule has 3 N–H and O–H groups in total. The first-order valence-corrected chi connectivity index (χ1v) is 41.2. The van der Waals surface area contributed by atoms with Gasteiger partial charge >= 0.3 is 5.97 Å². The van der Waals surface area contributed by atoms with Gasteiger partial charge in [0, 0.05) is 12.8 Å². The van der Waals surface area contributed by atoms with Crippen LogP contribution in [0.15, 0.2) is 36.5 Å². The molecule has 0 aromatic heterocycles. The molecular weight excluding hydrogens is 1100 g/mol. The normalized spacial score (nSPS) is 12.6. The predicted molar refractivity (Wildman–Crippen MR) is 398 cm³/mol. The molecule has 90 heavy (non-hydrogen) atoms. The molecule has 0 aliphatic rings. The third kappa shape index (κ3) is 75.1. The van der Waals surface area contributed by atoms with Crippen LogP contribution in [-0.2, 0) is 14.3 Å². The summed E-state index contributed by atoms with van der Waals surface area (Å²) in [5.41, 5.74) is 0. The van der Waals surface area contributed by atoms with E-state index in [1.807, 2.05) is 0 Å². The summed E-state index contributed by atoms with van der Waals surface area (Å²) in [7, 11) is 0. The maximum absolute atomic E-state index is 12.6. The molecule has 6 nitrogen and oxygen atoms in total. The van der Waals surface area contributed by atoms with Crippen molar-refractivity contribution in [2.45, 2.75) is 475 Å². The van der Waals surface area contributed by atoms with E-state index in [1.165, 1.54) is 379 Å². The van der Waals surface area contributed by atoms with Gasteiger partial charge in [0.05, 0.1) is 25.4 Å². The van der Waals surface area contributed by atoms with E-state index in [-0.39, 0.29) is 18.5 Å². The number of aliphatic hydroxyl groups is 2. The molecule has 6 heteroatoms. The van der Waals surface area contributed by atoms with Gasteiger partial charge in [0.15, 0.2) is 0 Å². The summed E-state index contributed by atoms with van der Waals surface area (Å²) in [5, 5.41) is 23.5. The molecule has 0 fully saturated rings. The number of amides is 1. The molecule has 0 aromatic carbocycles. The Labute approximate surface area is 564 Å². The van der Waals surface area contributed by atoms with Crippen LogP contribution >= 0.6 is 0 Å². The topological polar surface area (TPSA) is 95.9 Å². The lowest BCUT2D eigenvalue weighted by atomic mass is 10.0. The summed E-state index contributed by atoms with van der Waals surface area (Å²) in [6.07, 6.45) is 104. The Morgan fingerprint density at radius 1 is 0.311 bits per heavy atom. The second-order valence-corrected chi connectivity index (χ2v) is 28.5. The first kappa shape index (κ1) is 88.1. The lowest BCUT2D eigenvalue weighted by molar-refractivity contribution is -0.143. The highest BCUT2D eigenvalue weighted by Crippen LogP contribution is 2.20. The van der Waals surface area contributed by atoms with Gasteiger partial charge in [-0.1, -0.05) is 403 Å². The second-order valence-electron chi connectivity index (χ2n) is 28.5. The van der Waals surface area contributed by atoms with Crippen LogP contribution in [0, 0.1) is 0 Å². The molecule has 0 saturated carbocycles. The summed E-state index contributed by atoms with van der Waals surface area (Å²) >= 11 is 0. The number of aliphatic hydroxyl groups excluding tert-OH is 2. The van der Waals surface area contributed by atoms with Gasteiger partial charge in [-0.3, -0.25) is 9.59 Å². The highest BCUT2D eigenvalue weighted by atomic mass is 16.5. The number of carbonyl (C=O) groups is 2. The molecule has 0 radical (unpaired) electrons. The fraction of sp³-hybridized carbons (Fsp3) is 0.905. The highest BCUT2D eigenvalue weighted by molar-refractivity contribution is 5.76. The number of nitrogens with one attached hydrogen (secondary N) is 1. The number of hydrogen-bond donors (Lipinski definition) is 3. The zero-order valence-corrected chi connectivity index (χ0v) is 61.1. The Morgan fingerprint density at radius 2 is 0.556 bits per heavy atom. The van der Waals surface area contributed by atoms with E-state index >= 15 is 0 Å². The van der Waals surface area contributed by atoms with E-state index in [1.54, 1.807) is 0 Å². The zero-order chi connectivity index (χ0) is 64.9. The van der Waals surface area contributed by atoms with E-state index in [0.29, 0.717) is 25.9 Å². The summed E-state index contributed by atoms with van der Waals surface area (Å²) in [6.45, 7) is 4.99. The Balaban J connectivity index is 3.36. The third-order valence-corrected chi connectivity index (χ3v) is 19.4. The van der Waals surface area contributed by atoms with E-state index in [2.05, 4.69) is 55.6 Å². The van der Waals surface area contributed by atoms with Gasteiger partial charge in [0.2, 0.25) is 5.91 Å². The first-order valence-electron chi connectivity index (χ1n) is 41.2. The Morgan fingerprint density at radius 3 is 0.856 bits per heavy atom. The van der Waals surface area contributed by atoms with Crippen LogP contribution < -0.4 is 5.32 Å². The van der Waals surface area contributed by atoms with Crippen LogP contribution in [0.25, 0.3) is 0 Å². The van der Waals surface area contributed by atoms with Crippen LogP contribution in [0.3, 0.4) is 0 Å². The number of unbranched alkanes of at least 4 members (excludes halogenated alkanes) is 61. The predicted octanol–water partition coefficient (Wildman–Crippen LogP) is 27.4. The van der Waals surface area contributed by atoms with Crippen LogP contribution in [0.4, 0.5) is 0 Å². The van der Waals surface area contributed by atoms with Crippen molar-refractivity contribution >= 4 is 11.9 Å². The van der Waals surface area contributed by atoms with Crippen molar-refractivity contribution in [2.24, 2.45) is 0 Å². The zero-order valence-electron chi connectivity index (χ0n) is 61.1. The van der Waals surface area contributed by atoms with Crippen molar-refractivity contribution in [3.8, 4) is 0 Å². The van der Waals surface area contributed by atoms with Gasteiger partial charge in [0.25, 0.3) is 0 Å². The van der Waals surface area contributed by atoms with Crippen LogP contribution in [0.5, 0.6) is 0 Å². The molecule has 2 unspecified atom stereocenters. The third-order valence-electron chi connectivity index (χ3n) is 19.4. The summed E-state index contributed by atoms with van der Waals surface area (Å²) in [4.78, 5) is 24.6. The molecule has 0 spiro atoms. The lowest BCUT2D eigenvalue weighted by Gasteiger charge is -2.22. The van der Waals surface area contributed by atoms with Gasteiger partial charge in [-0.2, -0.15) is 0 Å². The van der Waals surface area contributed by atoms with Crippen molar-refractivity contribution in [3.05, 3.63) is 36.5 Å². The van der Waals surface area contributed by atoms with Gasteiger partial charge in [-0.25, -0.2) is 0 Å². The van der Waals surface area contributed by atoms with E-state index < -0.39 is 12.1 Å². The average Bonchev–Trinajstić information content (AvgIpc) is 3.68. The van der Waals surface area contributed by atoms with Crippen LogP contribution in [0.2, 0.25) is 0 Å². The SMILES string of the molecule is CCCCCCC/C=C\CCCCCCCC(=O)OCCCCCCCCCCCCCCC/C=C\C/C=C\CCCCCCCCCCCCCCCCCCCC(=O)NC(CO)C(O)CCCCCCCCCCCCCCCCCCCCCCCC. The van der Waals surface area contributed by atoms with E-state index in [0.717, 1.165) is 51.4 Å². The monoisotopic (exact) mass is 1260 g/mol. The van der Waals surface area contributed by atoms with Crippen molar-refractivity contribution in [2.75, 3.05) is 13.2 Å². The van der Waals surface area contributed by atoms with Crippen LogP contribution in [-0.4, -0.2) is 47.4 Å². The number of allylic oxidation sites excluding steroid dienone is 6. The minimum Gasteiger partial charge on any atom is -0.466 e. The maximum Gasteiger partial charge on any atom is 0.305 e. The second kappa shape index (κ2) is 79.5. The van der Waals surface area contributed by atoms with Crippen molar-refractivity contribution in [3.63, 3.8) is 0 Å². The lowest BCUT2D eigenvalue weighted by Crippen LogP contribution is -2.45. The molecule has 0 aromatic rings. The highest BCUT2D eigenvalue weighted by Gasteiger charge is 2.20. The Bertz CT molecular complexity index is 1460. The van der Waals surface area contributed by atoms with Gasteiger partial charge in [-0.05, 0) is 83.5 Å². The largest absolute Gasteiger partial charge is 0.466 e. The number of ether oxygens (including phenoxy) is 1. The smallest absolute Gasteiger partial charge is 0.305 e. The molecule has 0 aliphatic heterocycles. The first-order chi connectivity index (χ1) is 44.5. The van der Waals surface area contributed by atoms with Crippen molar-refractivity contribution in [1.82, 2.24) is 5.32 Å². The number of hydrogen-bond acceptors (Lipinski definition) is 5. The fourth-order valence-electron chi connectivity index (χ4n) is 13.1. The summed E-state index contributed by atoms with van der Waals surface area (Å²) < 4.78 is 5.49. The molecule has 0 aliphatic carbocycles. The minimum atomic E-state index is -0.664. The van der Waals surface area contributed by atoms with Crippen LogP contribution in [0.1, 0.15) is 463 Å². The molecule has 1 amide bonds. The van der Waals surface area contributed by atoms with Gasteiger partial charge < -0.3 is 20.3 Å². The Kier molecular flexibility index (Phi) is 77.8.